The molecule has 2 aliphatic rings. The Morgan fingerprint density at radius 1 is 0.962 bits per heavy atom. The molecule has 1 saturated heterocycles. The predicted octanol–water partition coefficient (Wildman–Crippen LogP) is 6.99. The number of methoxy groups -OCH3 is 1. The van der Waals surface area contributed by atoms with Crippen LogP contribution in [0.1, 0.15) is 82.3 Å². The average molecular weight is 704 g/mol. The first-order valence-corrected chi connectivity index (χ1v) is 17.5. The highest BCUT2D eigenvalue weighted by molar-refractivity contribution is 6.02. The largest absolute Gasteiger partial charge is 0.469 e. The minimum absolute atomic E-state index is 0.0531. The molecule has 6 rings (SSSR count). The summed E-state index contributed by atoms with van der Waals surface area (Å²) < 4.78 is 10.5. The topological polar surface area (TPSA) is 143 Å². The number of imidazole rings is 1. The monoisotopic (exact) mass is 703 g/mol. The fraction of sp³-hybridized carbons (Fsp3) is 0.375. The molecule has 4 heterocycles. The van der Waals surface area contributed by atoms with E-state index in [1.54, 1.807) is 23.0 Å². The molecule has 0 bridgehead atoms. The van der Waals surface area contributed by atoms with Crippen LogP contribution in [0.25, 0.3) is 28.2 Å². The Morgan fingerprint density at radius 3 is 2.33 bits per heavy atom. The molecule has 1 N–H and O–H groups in total. The van der Waals surface area contributed by atoms with Crippen LogP contribution in [0.4, 0.5) is 4.79 Å². The molecule has 12 nitrogen and oxygen atoms in total. The van der Waals surface area contributed by atoms with Crippen molar-refractivity contribution in [2.45, 2.75) is 77.0 Å². The van der Waals surface area contributed by atoms with Gasteiger partial charge in [-0.25, -0.2) is 19.7 Å². The maximum absolute atomic E-state index is 13.6. The molecule has 12 heteroatoms. The van der Waals surface area contributed by atoms with Gasteiger partial charge < -0.3 is 19.4 Å². The Morgan fingerprint density at radius 2 is 1.65 bits per heavy atom. The smallest absolute Gasteiger partial charge is 0.410 e. The van der Waals surface area contributed by atoms with Gasteiger partial charge in [0.15, 0.2) is 5.82 Å². The van der Waals surface area contributed by atoms with Gasteiger partial charge in [0.25, 0.3) is 0 Å². The molecule has 2 amide bonds. The van der Waals surface area contributed by atoms with E-state index < -0.39 is 17.5 Å². The molecule has 4 aromatic rings. The van der Waals surface area contributed by atoms with Crippen molar-refractivity contribution in [2.24, 2.45) is 4.99 Å². The molecule has 0 saturated carbocycles. The number of allylic oxidation sites excluding steroid dienone is 1. The van der Waals surface area contributed by atoms with E-state index >= 15 is 0 Å². The van der Waals surface area contributed by atoms with Gasteiger partial charge in [0.1, 0.15) is 11.4 Å². The number of amides is 2. The van der Waals surface area contributed by atoms with E-state index in [-0.39, 0.29) is 30.5 Å². The number of aromatic nitrogens is 4. The average Bonchev–Trinajstić information content (AvgIpc) is 3.94. The standard InChI is InChI=1S/C40H45N7O5/c1-25(46(5)38(49)31(20-35(48)51-6)26-11-8-7-9-12-26)36-44-24-33(45-36)27-14-16-28(17-15-27)37-42-22-30(23-43-37)29-19-32(41-21-29)34-13-10-18-47(34)39(50)52-40(2,3)4/h7-9,11-12,14-17,21-25,31,34H,10,13,18-20H2,1-6H3,(H,44,45)/t25-,31?,34-/m0/s1. The lowest BCUT2D eigenvalue weighted by atomic mass is 9.94. The number of carbonyl (C=O) groups excluding carboxylic acids is 3. The van der Waals surface area contributed by atoms with Crippen LogP contribution < -0.4 is 0 Å². The van der Waals surface area contributed by atoms with Gasteiger partial charge in [-0.2, -0.15) is 0 Å². The maximum atomic E-state index is 13.6. The van der Waals surface area contributed by atoms with E-state index in [1.165, 1.54) is 7.11 Å². The molecule has 52 heavy (non-hydrogen) atoms. The Hall–Kier alpha value is -5.65. The van der Waals surface area contributed by atoms with Crippen LogP contribution in [0.5, 0.6) is 0 Å². The number of rotatable bonds is 10. The molecular formula is C40H45N7O5. The van der Waals surface area contributed by atoms with Crippen LogP contribution in [0.15, 0.2) is 84.4 Å². The molecule has 2 aromatic carbocycles. The van der Waals surface area contributed by atoms with Crippen molar-refractivity contribution < 1.29 is 23.9 Å². The molecule has 2 aromatic heterocycles. The number of H-pyrrole nitrogens is 1. The van der Waals surface area contributed by atoms with Crippen molar-refractivity contribution >= 4 is 29.3 Å². The first-order chi connectivity index (χ1) is 24.9. The quantitative estimate of drug-likeness (QED) is 0.174. The maximum Gasteiger partial charge on any atom is 0.410 e. The van der Waals surface area contributed by atoms with Crippen LogP contribution in [0.2, 0.25) is 0 Å². The van der Waals surface area contributed by atoms with E-state index in [2.05, 4.69) is 19.9 Å². The number of aliphatic imine (C=N–C) groups is 1. The summed E-state index contributed by atoms with van der Waals surface area (Å²) in [7, 11) is 3.04. The van der Waals surface area contributed by atoms with Gasteiger partial charge in [-0.15, -0.1) is 0 Å². The zero-order valence-corrected chi connectivity index (χ0v) is 30.5. The first kappa shape index (κ1) is 36.2. The summed E-state index contributed by atoms with van der Waals surface area (Å²) in [6, 6.07) is 16.7. The van der Waals surface area contributed by atoms with Crippen LogP contribution >= 0.6 is 0 Å². The number of hydrogen-bond donors (Lipinski definition) is 1. The highest BCUT2D eigenvalue weighted by atomic mass is 16.6. The molecule has 1 unspecified atom stereocenters. The number of nitrogens with zero attached hydrogens (tertiary/aromatic N) is 6. The van der Waals surface area contributed by atoms with Crippen LogP contribution in [-0.2, 0) is 19.1 Å². The second-order valence-electron chi connectivity index (χ2n) is 14.2. The number of carbonyl (C=O) groups is 3. The third-order valence-corrected chi connectivity index (χ3v) is 9.52. The Balaban J connectivity index is 1.07. The summed E-state index contributed by atoms with van der Waals surface area (Å²) in [6.07, 6.45) is 9.31. The Labute approximate surface area is 304 Å². The number of hydrogen-bond acceptors (Lipinski definition) is 9. The summed E-state index contributed by atoms with van der Waals surface area (Å²) in [6.45, 7) is 8.19. The second-order valence-corrected chi connectivity index (χ2v) is 14.2. The molecular weight excluding hydrogens is 658 g/mol. The van der Waals surface area contributed by atoms with Crippen molar-refractivity contribution in [1.82, 2.24) is 29.7 Å². The van der Waals surface area contributed by atoms with Gasteiger partial charge >= 0.3 is 12.1 Å². The normalized spacial score (nSPS) is 16.9. The van der Waals surface area contributed by atoms with Crippen LogP contribution in [0.3, 0.4) is 0 Å². The van der Waals surface area contributed by atoms with Crippen molar-refractivity contribution in [3.63, 3.8) is 0 Å². The van der Waals surface area contributed by atoms with Crippen molar-refractivity contribution in [3.05, 3.63) is 96.3 Å². The van der Waals surface area contributed by atoms with E-state index in [0.29, 0.717) is 24.6 Å². The highest BCUT2D eigenvalue weighted by Crippen LogP contribution is 2.32. The number of likely N-dealkylation sites (tertiary alicyclic amines) is 1. The van der Waals surface area contributed by atoms with Crippen LogP contribution in [-0.4, -0.2) is 85.8 Å². The lowest BCUT2D eigenvalue weighted by molar-refractivity contribution is -0.145. The van der Waals surface area contributed by atoms with Crippen molar-refractivity contribution in [1.29, 1.82) is 0 Å². The number of nitrogens with one attached hydrogen (secondary N) is 1. The molecule has 1 fully saturated rings. The summed E-state index contributed by atoms with van der Waals surface area (Å²) in [5.41, 5.74) is 5.66. The summed E-state index contributed by atoms with van der Waals surface area (Å²) in [4.78, 5) is 64.0. The predicted molar refractivity (Wildman–Crippen MR) is 198 cm³/mol. The minimum atomic E-state index is -0.672. The Bertz CT molecular complexity index is 1960. The van der Waals surface area contributed by atoms with E-state index in [4.69, 9.17) is 14.5 Å². The van der Waals surface area contributed by atoms with Crippen LogP contribution in [0, 0.1) is 0 Å². The zero-order chi connectivity index (χ0) is 37.0. The minimum Gasteiger partial charge on any atom is -0.469 e. The fourth-order valence-electron chi connectivity index (χ4n) is 6.52. The molecule has 3 atom stereocenters. The highest BCUT2D eigenvalue weighted by Gasteiger charge is 2.36. The molecule has 2 aliphatic heterocycles. The fourth-order valence-corrected chi connectivity index (χ4v) is 6.52. The summed E-state index contributed by atoms with van der Waals surface area (Å²) in [5.74, 6) is -0.0997. The molecule has 0 radical (unpaired) electrons. The number of esters is 1. The third-order valence-electron chi connectivity index (χ3n) is 9.52. The summed E-state index contributed by atoms with van der Waals surface area (Å²) >= 11 is 0. The number of likely N-dealkylation sites (N-methyl/N-ethyl adjacent to an activating group) is 1. The Kier molecular flexibility index (Phi) is 10.6. The lowest BCUT2D eigenvalue weighted by Crippen LogP contribution is -2.43. The third kappa shape index (κ3) is 8.11. The van der Waals surface area contributed by atoms with Gasteiger partial charge in [0.05, 0.1) is 43.4 Å². The summed E-state index contributed by atoms with van der Waals surface area (Å²) in [5, 5.41) is 0. The van der Waals surface area contributed by atoms with Gasteiger partial charge in [-0.3, -0.25) is 19.5 Å². The van der Waals surface area contributed by atoms with Gasteiger partial charge in [-0.1, -0.05) is 54.6 Å². The molecule has 0 spiro atoms. The number of benzene rings is 2. The van der Waals surface area contributed by atoms with Crippen molar-refractivity contribution in [3.8, 4) is 22.6 Å². The zero-order valence-electron chi connectivity index (χ0n) is 30.5. The number of aromatic amines is 1. The second kappa shape index (κ2) is 15.3. The van der Waals surface area contributed by atoms with Gasteiger partial charge in [0, 0.05) is 55.4 Å². The molecule has 270 valence electrons. The van der Waals surface area contributed by atoms with E-state index in [9.17, 15) is 14.4 Å². The van der Waals surface area contributed by atoms with E-state index in [0.717, 1.165) is 52.1 Å². The van der Waals surface area contributed by atoms with Gasteiger partial charge in [0.2, 0.25) is 5.91 Å². The lowest BCUT2D eigenvalue weighted by Gasteiger charge is -2.28. The van der Waals surface area contributed by atoms with Gasteiger partial charge in [-0.05, 0) is 57.2 Å². The number of ether oxygens (including phenoxy) is 2. The van der Waals surface area contributed by atoms with Crippen molar-refractivity contribution in [2.75, 3.05) is 20.7 Å². The first-order valence-electron chi connectivity index (χ1n) is 17.5. The molecule has 0 aliphatic carbocycles. The van der Waals surface area contributed by atoms with E-state index in [1.807, 2.05) is 101 Å². The SMILES string of the molecule is COC(=O)CC(C(=O)N(C)[C@@H](C)c1ncc(-c2ccc(-c3ncc(C4=CN=C([C@@H]5CCCN5C(=O)OC(C)(C)C)C4)cn3)cc2)[nH]1)c1ccccc1.